The average Bonchev–Trinajstić information content (AvgIpc) is 3.12. The van der Waals surface area contributed by atoms with E-state index in [9.17, 15) is 9.18 Å². The van der Waals surface area contributed by atoms with Crippen molar-refractivity contribution in [2.45, 2.75) is 32.1 Å². The van der Waals surface area contributed by atoms with Crippen LogP contribution in [0.25, 0.3) is 0 Å². The summed E-state index contributed by atoms with van der Waals surface area (Å²) in [5, 5.41) is 0. The van der Waals surface area contributed by atoms with Crippen molar-refractivity contribution in [3.05, 3.63) is 30.1 Å². The third kappa shape index (κ3) is 2.95. The molecule has 114 valence electrons. The molecule has 2 bridgehead atoms. The Bertz CT molecular complexity index is 502. The Labute approximate surface area is 125 Å². The van der Waals surface area contributed by atoms with E-state index in [1.165, 1.54) is 31.4 Å². The van der Waals surface area contributed by atoms with Crippen LogP contribution in [-0.2, 0) is 4.79 Å². The van der Waals surface area contributed by atoms with Crippen molar-refractivity contribution in [2.75, 3.05) is 18.0 Å². The summed E-state index contributed by atoms with van der Waals surface area (Å²) in [6.45, 7) is 1.18. The van der Waals surface area contributed by atoms with E-state index in [4.69, 9.17) is 5.73 Å². The molecule has 0 saturated heterocycles. The predicted octanol–water partition coefficient (Wildman–Crippen LogP) is 2.94. The Morgan fingerprint density at radius 2 is 2.00 bits per heavy atom. The first-order chi connectivity index (χ1) is 10.2. The number of anilines is 1. The maximum Gasteiger partial charge on any atom is 0.230 e. The minimum atomic E-state index is -0.273. The number of hydrogen-bond donors (Lipinski definition) is 1. The number of halogens is 1. The van der Waals surface area contributed by atoms with E-state index in [-0.39, 0.29) is 17.6 Å². The van der Waals surface area contributed by atoms with Crippen LogP contribution in [0.5, 0.6) is 0 Å². The minimum Gasteiger partial charge on any atom is -0.330 e. The molecule has 2 aliphatic carbocycles. The number of carbonyl (C=O) groups excluding carboxylic acids is 1. The molecule has 0 aromatic heterocycles. The average molecular weight is 290 g/mol. The van der Waals surface area contributed by atoms with Crippen LogP contribution < -0.4 is 10.6 Å². The number of rotatable bonds is 5. The van der Waals surface area contributed by atoms with E-state index < -0.39 is 0 Å². The standard InChI is InChI=1S/C17H23FN2O/c18-14-4-6-15(7-5-14)20(9-1-8-19)17(21)16-11-12-2-3-13(16)10-12/h4-7,12-13,16H,1-3,8-11,19H2. The summed E-state index contributed by atoms with van der Waals surface area (Å²) in [6.07, 6.45) is 5.49. The van der Waals surface area contributed by atoms with Gasteiger partial charge in [0, 0.05) is 18.2 Å². The van der Waals surface area contributed by atoms with Crippen molar-refractivity contribution in [3.8, 4) is 0 Å². The highest BCUT2D eigenvalue weighted by Crippen LogP contribution is 2.49. The molecule has 0 spiro atoms. The lowest BCUT2D eigenvalue weighted by Crippen LogP contribution is -2.39. The second kappa shape index (κ2) is 6.14. The first-order valence-electron chi connectivity index (χ1n) is 7.96. The van der Waals surface area contributed by atoms with Crippen LogP contribution in [0.4, 0.5) is 10.1 Å². The number of amides is 1. The van der Waals surface area contributed by atoms with E-state index in [0.29, 0.717) is 19.0 Å². The molecule has 3 nitrogen and oxygen atoms in total. The van der Waals surface area contributed by atoms with E-state index in [1.54, 1.807) is 12.1 Å². The van der Waals surface area contributed by atoms with Gasteiger partial charge < -0.3 is 10.6 Å². The fourth-order valence-corrected chi connectivity index (χ4v) is 3.98. The molecule has 3 unspecified atom stereocenters. The van der Waals surface area contributed by atoms with Crippen molar-refractivity contribution in [3.63, 3.8) is 0 Å². The second-order valence-corrected chi connectivity index (χ2v) is 6.39. The van der Waals surface area contributed by atoms with Crippen molar-refractivity contribution >= 4 is 11.6 Å². The molecule has 3 rings (SSSR count). The van der Waals surface area contributed by atoms with Gasteiger partial charge in [0.15, 0.2) is 0 Å². The summed E-state index contributed by atoms with van der Waals surface area (Å²) in [5.74, 6) is 1.40. The lowest BCUT2D eigenvalue weighted by Gasteiger charge is -2.29. The van der Waals surface area contributed by atoms with Gasteiger partial charge in [-0.2, -0.15) is 0 Å². The van der Waals surface area contributed by atoms with Crippen molar-refractivity contribution in [1.29, 1.82) is 0 Å². The fraction of sp³-hybridized carbons (Fsp3) is 0.588. The number of carbonyl (C=O) groups is 1. The third-order valence-corrected chi connectivity index (χ3v) is 5.05. The molecule has 1 amide bonds. The summed E-state index contributed by atoms with van der Waals surface area (Å²) in [7, 11) is 0. The SMILES string of the molecule is NCCCN(C(=O)C1CC2CCC1C2)c1ccc(F)cc1. The van der Waals surface area contributed by atoms with Gasteiger partial charge in [-0.05, 0) is 68.3 Å². The highest BCUT2D eigenvalue weighted by Gasteiger charge is 2.44. The van der Waals surface area contributed by atoms with Crippen LogP contribution in [0.2, 0.25) is 0 Å². The first kappa shape index (κ1) is 14.5. The number of benzene rings is 1. The van der Waals surface area contributed by atoms with Gasteiger partial charge in [-0.25, -0.2) is 4.39 Å². The zero-order chi connectivity index (χ0) is 14.8. The number of nitrogens with two attached hydrogens (primary N) is 1. The van der Waals surface area contributed by atoms with Gasteiger partial charge in [-0.15, -0.1) is 0 Å². The molecule has 0 aliphatic heterocycles. The van der Waals surface area contributed by atoms with Gasteiger partial charge in [-0.3, -0.25) is 4.79 Å². The van der Waals surface area contributed by atoms with Gasteiger partial charge in [0.2, 0.25) is 5.91 Å². The molecule has 3 atom stereocenters. The lowest BCUT2D eigenvalue weighted by atomic mass is 9.87. The summed E-state index contributed by atoms with van der Waals surface area (Å²) in [6, 6.07) is 6.21. The predicted molar refractivity (Wildman–Crippen MR) is 81.4 cm³/mol. The van der Waals surface area contributed by atoms with Crippen LogP contribution in [-0.4, -0.2) is 19.0 Å². The highest BCUT2D eigenvalue weighted by molar-refractivity contribution is 5.95. The monoisotopic (exact) mass is 290 g/mol. The lowest BCUT2D eigenvalue weighted by molar-refractivity contribution is -0.123. The molecule has 0 heterocycles. The Morgan fingerprint density at radius 1 is 1.24 bits per heavy atom. The molecule has 2 fully saturated rings. The van der Waals surface area contributed by atoms with Crippen LogP contribution >= 0.6 is 0 Å². The molecule has 1 aromatic rings. The molecule has 1 aromatic carbocycles. The molecule has 21 heavy (non-hydrogen) atoms. The number of fused-ring (bicyclic) bond motifs is 2. The minimum absolute atomic E-state index is 0.159. The van der Waals surface area contributed by atoms with Crippen LogP contribution in [0.1, 0.15) is 32.1 Å². The van der Waals surface area contributed by atoms with Gasteiger partial charge in [0.1, 0.15) is 5.82 Å². The zero-order valence-corrected chi connectivity index (χ0v) is 12.3. The maximum atomic E-state index is 13.1. The van der Waals surface area contributed by atoms with Gasteiger partial charge >= 0.3 is 0 Å². The van der Waals surface area contributed by atoms with E-state index in [0.717, 1.165) is 24.4 Å². The quantitative estimate of drug-likeness (QED) is 0.906. The molecule has 4 heteroatoms. The van der Waals surface area contributed by atoms with E-state index in [2.05, 4.69) is 0 Å². The smallest absolute Gasteiger partial charge is 0.230 e. The molecule has 2 N–H and O–H groups in total. The van der Waals surface area contributed by atoms with E-state index in [1.807, 2.05) is 4.90 Å². The molecular formula is C17H23FN2O. The zero-order valence-electron chi connectivity index (χ0n) is 12.3. The summed E-state index contributed by atoms with van der Waals surface area (Å²) in [5.41, 5.74) is 6.38. The molecule has 2 saturated carbocycles. The normalized spacial score (nSPS) is 27.0. The van der Waals surface area contributed by atoms with E-state index >= 15 is 0 Å². The molecule has 0 radical (unpaired) electrons. The Balaban J connectivity index is 1.78. The van der Waals surface area contributed by atoms with Crippen molar-refractivity contribution < 1.29 is 9.18 Å². The Morgan fingerprint density at radius 3 is 2.57 bits per heavy atom. The van der Waals surface area contributed by atoms with Gasteiger partial charge in [0.05, 0.1) is 0 Å². The van der Waals surface area contributed by atoms with Crippen LogP contribution in [0.15, 0.2) is 24.3 Å². The van der Waals surface area contributed by atoms with Crippen molar-refractivity contribution in [1.82, 2.24) is 0 Å². The highest BCUT2D eigenvalue weighted by atomic mass is 19.1. The molecule has 2 aliphatic rings. The van der Waals surface area contributed by atoms with Gasteiger partial charge in [0.25, 0.3) is 0 Å². The topological polar surface area (TPSA) is 46.3 Å². The first-order valence-corrected chi connectivity index (χ1v) is 7.96. The molecular weight excluding hydrogens is 267 g/mol. The number of hydrogen-bond acceptors (Lipinski definition) is 2. The summed E-state index contributed by atoms with van der Waals surface area (Å²) in [4.78, 5) is 14.7. The van der Waals surface area contributed by atoms with Gasteiger partial charge in [-0.1, -0.05) is 6.42 Å². The van der Waals surface area contributed by atoms with Crippen LogP contribution in [0, 0.1) is 23.6 Å². The Kier molecular flexibility index (Phi) is 4.24. The second-order valence-electron chi connectivity index (χ2n) is 6.39. The maximum absolute atomic E-state index is 13.1. The fourth-order valence-electron chi connectivity index (χ4n) is 3.98. The number of nitrogens with zero attached hydrogens (tertiary/aromatic N) is 1. The summed E-state index contributed by atoms with van der Waals surface area (Å²) < 4.78 is 13.1. The van der Waals surface area contributed by atoms with Crippen LogP contribution in [0.3, 0.4) is 0 Å². The largest absolute Gasteiger partial charge is 0.330 e. The Hall–Kier alpha value is -1.42. The summed E-state index contributed by atoms with van der Waals surface area (Å²) >= 11 is 0. The third-order valence-electron chi connectivity index (χ3n) is 5.05. The van der Waals surface area contributed by atoms with Crippen molar-refractivity contribution in [2.24, 2.45) is 23.5 Å².